The van der Waals surface area contributed by atoms with E-state index >= 15 is 0 Å². The van der Waals surface area contributed by atoms with E-state index in [1.807, 2.05) is 37.1 Å². The molecule has 2 unspecified atom stereocenters. The zero-order chi connectivity index (χ0) is 14.7. The van der Waals surface area contributed by atoms with E-state index in [9.17, 15) is 9.90 Å². The van der Waals surface area contributed by atoms with E-state index in [-0.39, 0.29) is 11.8 Å². The number of ether oxygens (including phenoxy) is 2. The fourth-order valence-corrected chi connectivity index (χ4v) is 2.78. The van der Waals surface area contributed by atoms with Gasteiger partial charge in [0.2, 0.25) is 0 Å². The maximum absolute atomic E-state index is 11.4. The van der Waals surface area contributed by atoms with Gasteiger partial charge in [0, 0.05) is 19.0 Å². The molecule has 0 aliphatic carbocycles. The molecule has 0 radical (unpaired) electrons. The zero-order valence-electron chi connectivity index (χ0n) is 12.1. The molecule has 1 aromatic rings. The summed E-state index contributed by atoms with van der Waals surface area (Å²) in [5.41, 5.74) is 0.988. The molecular weight excluding hydrogens is 258 g/mol. The third-order valence-corrected chi connectivity index (χ3v) is 3.74. The number of methoxy groups -OCH3 is 1. The Bertz CT molecular complexity index is 489. The molecule has 1 heterocycles. The molecule has 1 aliphatic rings. The second kappa shape index (κ2) is 6.13. The summed E-state index contributed by atoms with van der Waals surface area (Å²) < 4.78 is 10.8. The van der Waals surface area contributed by atoms with E-state index in [4.69, 9.17) is 9.47 Å². The first-order valence-corrected chi connectivity index (χ1v) is 6.78. The molecule has 1 aliphatic heterocycles. The maximum atomic E-state index is 11.4. The van der Waals surface area contributed by atoms with Gasteiger partial charge >= 0.3 is 5.97 Å². The van der Waals surface area contributed by atoms with Gasteiger partial charge in [0.25, 0.3) is 0 Å². The lowest BCUT2D eigenvalue weighted by atomic mass is 9.89. The highest BCUT2D eigenvalue weighted by atomic mass is 16.5. The number of nitrogens with zero attached hydrogens (tertiary/aromatic N) is 1. The SMILES string of the molecule is CCOc1ccc(C2CN(C)CC2C(=O)O)cc1OC. The summed E-state index contributed by atoms with van der Waals surface area (Å²) >= 11 is 0. The Balaban J connectivity index is 2.30. The van der Waals surface area contributed by atoms with Crippen LogP contribution in [0.2, 0.25) is 0 Å². The molecule has 1 aromatic carbocycles. The summed E-state index contributed by atoms with van der Waals surface area (Å²) in [6.07, 6.45) is 0. The lowest BCUT2D eigenvalue weighted by molar-refractivity contribution is -0.141. The number of carboxylic acids is 1. The topological polar surface area (TPSA) is 59.0 Å². The number of rotatable bonds is 5. The largest absolute Gasteiger partial charge is 0.493 e. The number of aliphatic carboxylic acids is 1. The molecule has 0 bridgehead atoms. The summed E-state index contributed by atoms with van der Waals surface area (Å²) in [6.45, 7) is 3.81. The number of likely N-dealkylation sites (tertiary alicyclic amines) is 1. The van der Waals surface area contributed by atoms with Gasteiger partial charge in [-0.1, -0.05) is 6.07 Å². The van der Waals surface area contributed by atoms with Crippen LogP contribution in [0.3, 0.4) is 0 Å². The van der Waals surface area contributed by atoms with Gasteiger partial charge in [0.15, 0.2) is 11.5 Å². The molecule has 0 spiro atoms. The Morgan fingerprint density at radius 2 is 2.15 bits per heavy atom. The van der Waals surface area contributed by atoms with Crippen molar-refractivity contribution in [3.8, 4) is 11.5 Å². The van der Waals surface area contributed by atoms with E-state index in [1.54, 1.807) is 7.11 Å². The van der Waals surface area contributed by atoms with Gasteiger partial charge in [0.1, 0.15) is 0 Å². The molecule has 0 aromatic heterocycles. The van der Waals surface area contributed by atoms with E-state index < -0.39 is 5.97 Å². The van der Waals surface area contributed by atoms with E-state index in [0.29, 0.717) is 24.7 Å². The molecule has 2 rings (SSSR count). The highest BCUT2D eigenvalue weighted by Crippen LogP contribution is 2.37. The van der Waals surface area contributed by atoms with Crippen LogP contribution in [0.5, 0.6) is 11.5 Å². The summed E-state index contributed by atoms with van der Waals surface area (Å²) in [7, 11) is 3.54. The standard InChI is InChI=1S/C15H21NO4/c1-4-20-13-6-5-10(7-14(13)19-3)11-8-16(2)9-12(11)15(17)18/h5-7,11-12H,4,8-9H2,1-3H3,(H,17,18). The van der Waals surface area contributed by atoms with Crippen molar-refractivity contribution < 1.29 is 19.4 Å². The molecule has 110 valence electrons. The number of hydrogen-bond donors (Lipinski definition) is 1. The lowest BCUT2D eigenvalue weighted by Gasteiger charge is -2.17. The van der Waals surface area contributed by atoms with Gasteiger partial charge in [-0.15, -0.1) is 0 Å². The van der Waals surface area contributed by atoms with Gasteiger partial charge in [0.05, 0.1) is 19.6 Å². The first-order valence-electron chi connectivity index (χ1n) is 6.78. The second-order valence-corrected chi connectivity index (χ2v) is 5.12. The molecule has 5 nitrogen and oxygen atoms in total. The van der Waals surface area contributed by atoms with E-state index in [2.05, 4.69) is 0 Å². The van der Waals surface area contributed by atoms with Gasteiger partial charge in [-0.2, -0.15) is 0 Å². The monoisotopic (exact) mass is 279 g/mol. The lowest BCUT2D eigenvalue weighted by Crippen LogP contribution is -2.21. The Morgan fingerprint density at radius 3 is 2.75 bits per heavy atom. The van der Waals surface area contributed by atoms with Crippen molar-refractivity contribution in [2.24, 2.45) is 5.92 Å². The van der Waals surface area contributed by atoms with Crippen LogP contribution >= 0.6 is 0 Å². The molecular formula is C15H21NO4. The third kappa shape index (κ3) is 2.88. The molecule has 1 saturated heterocycles. The van der Waals surface area contributed by atoms with Crippen LogP contribution in [0, 0.1) is 5.92 Å². The number of carboxylic acid groups (broad SMARTS) is 1. The Morgan fingerprint density at radius 1 is 1.40 bits per heavy atom. The van der Waals surface area contributed by atoms with E-state index in [1.165, 1.54) is 0 Å². The summed E-state index contributed by atoms with van der Waals surface area (Å²) in [4.78, 5) is 13.4. The van der Waals surface area contributed by atoms with Crippen LogP contribution in [0.4, 0.5) is 0 Å². The minimum absolute atomic E-state index is 0.0120. The average molecular weight is 279 g/mol. The zero-order valence-corrected chi connectivity index (χ0v) is 12.1. The van der Waals surface area contributed by atoms with Crippen molar-refractivity contribution in [1.82, 2.24) is 4.90 Å². The van der Waals surface area contributed by atoms with Crippen molar-refractivity contribution >= 4 is 5.97 Å². The summed E-state index contributed by atoms with van der Waals surface area (Å²) in [5.74, 6) is 0.219. The maximum Gasteiger partial charge on any atom is 0.308 e. The molecule has 1 N–H and O–H groups in total. The predicted molar refractivity (Wildman–Crippen MR) is 75.5 cm³/mol. The smallest absolute Gasteiger partial charge is 0.308 e. The molecule has 1 fully saturated rings. The quantitative estimate of drug-likeness (QED) is 0.891. The molecule has 0 amide bonds. The minimum atomic E-state index is -0.743. The van der Waals surface area contributed by atoms with Crippen molar-refractivity contribution in [2.75, 3.05) is 33.9 Å². The minimum Gasteiger partial charge on any atom is -0.493 e. The van der Waals surface area contributed by atoms with Gasteiger partial charge in [-0.3, -0.25) is 4.79 Å². The summed E-state index contributed by atoms with van der Waals surface area (Å²) in [5, 5.41) is 9.35. The van der Waals surface area contributed by atoms with Crippen LogP contribution in [0.25, 0.3) is 0 Å². The van der Waals surface area contributed by atoms with Crippen molar-refractivity contribution in [3.05, 3.63) is 23.8 Å². The van der Waals surface area contributed by atoms with Crippen LogP contribution in [-0.4, -0.2) is 49.8 Å². The van der Waals surface area contributed by atoms with Crippen molar-refractivity contribution in [2.45, 2.75) is 12.8 Å². The highest BCUT2D eigenvalue weighted by molar-refractivity contribution is 5.72. The molecule has 2 atom stereocenters. The number of likely N-dealkylation sites (N-methyl/N-ethyl adjacent to an activating group) is 1. The molecule has 5 heteroatoms. The second-order valence-electron chi connectivity index (χ2n) is 5.12. The van der Waals surface area contributed by atoms with Crippen LogP contribution in [0.1, 0.15) is 18.4 Å². The van der Waals surface area contributed by atoms with Crippen molar-refractivity contribution in [3.63, 3.8) is 0 Å². The Kier molecular flexibility index (Phi) is 4.49. The van der Waals surface area contributed by atoms with Crippen molar-refractivity contribution in [1.29, 1.82) is 0 Å². The average Bonchev–Trinajstić information content (AvgIpc) is 2.82. The molecule has 0 saturated carbocycles. The fraction of sp³-hybridized carbons (Fsp3) is 0.533. The normalized spacial score (nSPS) is 22.8. The van der Waals surface area contributed by atoms with Gasteiger partial charge < -0.3 is 19.5 Å². The van der Waals surface area contributed by atoms with Crippen LogP contribution in [-0.2, 0) is 4.79 Å². The first-order chi connectivity index (χ1) is 9.56. The third-order valence-electron chi connectivity index (χ3n) is 3.74. The first kappa shape index (κ1) is 14.7. The van der Waals surface area contributed by atoms with Crippen LogP contribution < -0.4 is 9.47 Å². The predicted octanol–water partition coefficient (Wildman–Crippen LogP) is 1.82. The number of carbonyl (C=O) groups is 1. The molecule has 20 heavy (non-hydrogen) atoms. The Labute approximate surface area is 119 Å². The summed E-state index contributed by atoms with van der Waals surface area (Å²) in [6, 6.07) is 5.69. The van der Waals surface area contributed by atoms with Gasteiger partial charge in [-0.05, 0) is 31.7 Å². The van der Waals surface area contributed by atoms with Crippen LogP contribution in [0.15, 0.2) is 18.2 Å². The highest BCUT2D eigenvalue weighted by Gasteiger charge is 2.37. The number of benzene rings is 1. The Hall–Kier alpha value is -1.75. The number of hydrogen-bond acceptors (Lipinski definition) is 4. The van der Waals surface area contributed by atoms with Gasteiger partial charge in [-0.25, -0.2) is 0 Å². The fourth-order valence-electron chi connectivity index (χ4n) is 2.78. The van der Waals surface area contributed by atoms with E-state index in [0.717, 1.165) is 12.1 Å².